The molecule has 1 N–H and O–H groups in total. The van der Waals surface area contributed by atoms with Crippen LogP contribution in [0.3, 0.4) is 0 Å². The standard InChI is InChI=1S/C34H57N3O17/c1-30(2)34(38)54-28-27-53-26-25-52-24-23-51-22-21-50-20-19-49-18-17-48-16-15-47-14-13-46-12-11-45-10-9-44-8-7-43-6-5-35-32-4-3-31(36(39)40)29-33(32)37(41)42/h3-4,29,35H,1,5-28H2,2H3. The van der Waals surface area contributed by atoms with Crippen LogP contribution in [-0.4, -0.2) is 174 Å². The molecule has 0 saturated heterocycles. The van der Waals surface area contributed by atoms with Gasteiger partial charge in [0.05, 0.1) is 161 Å². The third kappa shape index (κ3) is 29.0. The fourth-order valence-electron chi connectivity index (χ4n) is 3.81. The number of anilines is 1. The van der Waals surface area contributed by atoms with Gasteiger partial charge in [0.2, 0.25) is 0 Å². The lowest BCUT2D eigenvalue weighted by atomic mass is 10.2. The minimum absolute atomic E-state index is 0.181. The van der Waals surface area contributed by atoms with E-state index in [2.05, 4.69) is 11.9 Å². The van der Waals surface area contributed by atoms with Gasteiger partial charge in [-0.3, -0.25) is 20.2 Å². The molecule has 0 aliphatic rings. The molecular formula is C34H57N3O17. The summed E-state index contributed by atoms with van der Waals surface area (Å²) in [5.74, 6) is -0.425. The second-order valence-electron chi connectivity index (χ2n) is 10.8. The van der Waals surface area contributed by atoms with Crippen LogP contribution in [0.2, 0.25) is 0 Å². The van der Waals surface area contributed by atoms with E-state index < -0.39 is 15.8 Å². The number of esters is 1. The molecule has 0 aliphatic carbocycles. The Balaban J connectivity index is 1.71. The summed E-state index contributed by atoms with van der Waals surface area (Å²) < 4.78 is 64.6. The predicted octanol–water partition coefficient (Wildman–Crippen LogP) is 2.22. The third-order valence-electron chi connectivity index (χ3n) is 6.48. The minimum Gasteiger partial charge on any atom is -0.460 e. The van der Waals surface area contributed by atoms with Gasteiger partial charge in [0.15, 0.2) is 0 Å². The van der Waals surface area contributed by atoms with Crippen molar-refractivity contribution in [1.82, 2.24) is 0 Å². The fourth-order valence-corrected chi connectivity index (χ4v) is 3.81. The molecule has 0 saturated carbocycles. The summed E-state index contributed by atoms with van der Waals surface area (Å²) in [5, 5.41) is 24.8. The molecule has 0 radical (unpaired) electrons. The van der Waals surface area contributed by atoms with Gasteiger partial charge in [0, 0.05) is 18.2 Å². The van der Waals surface area contributed by atoms with Crippen molar-refractivity contribution in [1.29, 1.82) is 0 Å². The highest BCUT2D eigenvalue weighted by molar-refractivity contribution is 5.86. The number of hydrogen-bond acceptors (Lipinski definition) is 18. The SMILES string of the molecule is C=C(C)C(=O)OCCOCCOCCOCCOCCOCCOCCOCCOCCOCCOCCOCCNc1ccc([N+](=O)[O-])cc1[N+](=O)[O-]. The number of non-ortho nitro benzene ring substituents is 1. The summed E-state index contributed by atoms with van der Waals surface area (Å²) in [6.07, 6.45) is 0. The summed E-state index contributed by atoms with van der Waals surface area (Å²) >= 11 is 0. The normalized spacial score (nSPS) is 11.1. The van der Waals surface area contributed by atoms with Crippen LogP contribution < -0.4 is 5.32 Å². The monoisotopic (exact) mass is 779 g/mol. The molecule has 0 atom stereocenters. The van der Waals surface area contributed by atoms with Crippen molar-refractivity contribution in [2.75, 3.05) is 164 Å². The Hall–Kier alpha value is -3.41. The lowest BCUT2D eigenvalue weighted by Gasteiger charge is -2.09. The second-order valence-corrected chi connectivity index (χ2v) is 10.8. The zero-order valence-corrected chi connectivity index (χ0v) is 31.2. The molecule has 0 heterocycles. The summed E-state index contributed by atoms with van der Waals surface area (Å²) in [6.45, 7) is 14.8. The van der Waals surface area contributed by atoms with Gasteiger partial charge in [-0.2, -0.15) is 0 Å². The van der Waals surface area contributed by atoms with Gasteiger partial charge in [-0.1, -0.05) is 6.58 Å². The number of carbonyl (C=O) groups excluding carboxylic acids is 1. The van der Waals surface area contributed by atoms with Crippen molar-refractivity contribution in [2.24, 2.45) is 0 Å². The molecule has 0 unspecified atom stereocenters. The molecule has 0 aromatic heterocycles. The van der Waals surface area contributed by atoms with Gasteiger partial charge >= 0.3 is 5.97 Å². The van der Waals surface area contributed by atoms with E-state index >= 15 is 0 Å². The number of nitrogens with one attached hydrogen (secondary N) is 1. The molecule has 20 heteroatoms. The Kier molecular flexibility index (Phi) is 31.8. The lowest BCUT2D eigenvalue weighted by Crippen LogP contribution is -2.16. The maximum Gasteiger partial charge on any atom is 0.333 e. The molecule has 0 amide bonds. The van der Waals surface area contributed by atoms with E-state index in [-0.39, 0.29) is 36.8 Å². The van der Waals surface area contributed by atoms with E-state index in [0.717, 1.165) is 6.07 Å². The number of carbonyl (C=O) groups is 1. The Morgan fingerprint density at radius 1 is 0.537 bits per heavy atom. The quantitative estimate of drug-likeness (QED) is 0.0331. The second kappa shape index (κ2) is 35.3. The molecule has 310 valence electrons. The molecule has 0 spiro atoms. The molecule has 0 aliphatic heterocycles. The maximum absolute atomic E-state index is 11.2. The van der Waals surface area contributed by atoms with E-state index in [1.807, 2.05) is 0 Å². The van der Waals surface area contributed by atoms with Crippen LogP contribution >= 0.6 is 0 Å². The maximum atomic E-state index is 11.2. The number of hydrogen-bond donors (Lipinski definition) is 1. The van der Waals surface area contributed by atoms with Crippen LogP contribution in [0.4, 0.5) is 17.1 Å². The van der Waals surface area contributed by atoms with Crippen molar-refractivity contribution in [3.63, 3.8) is 0 Å². The highest BCUT2D eigenvalue weighted by Gasteiger charge is 2.19. The van der Waals surface area contributed by atoms with E-state index in [0.29, 0.717) is 144 Å². The molecule has 1 aromatic carbocycles. The molecule has 0 bridgehead atoms. The van der Waals surface area contributed by atoms with Gasteiger partial charge in [-0.25, -0.2) is 4.79 Å². The van der Waals surface area contributed by atoms with Gasteiger partial charge in [-0.15, -0.1) is 0 Å². The van der Waals surface area contributed by atoms with Gasteiger partial charge in [0.1, 0.15) is 12.3 Å². The smallest absolute Gasteiger partial charge is 0.333 e. The number of benzene rings is 1. The Labute approximate surface area is 315 Å². The van der Waals surface area contributed by atoms with Crippen LogP contribution in [0.25, 0.3) is 0 Å². The van der Waals surface area contributed by atoms with Crippen LogP contribution in [-0.2, 0) is 61.6 Å². The van der Waals surface area contributed by atoms with E-state index in [9.17, 15) is 25.0 Å². The molecule has 54 heavy (non-hydrogen) atoms. The third-order valence-corrected chi connectivity index (χ3v) is 6.48. The van der Waals surface area contributed by atoms with Gasteiger partial charge < -0.3 is 62.2 Å². The van der Waals surface area contributed by atoms with Crippen molar-refractivity contribution in [2.45, 2.75) is 6.92 Å². The average molecular weight is 780 g/mol. The number of ether oxygens (including phenoxy) is 12. The molecular weight excluding hydrogens is 722 g/mol. The number of nitro benzene ring substituents is 2. The number of nitrogens with zero attached hydrogens (tertiary/aromatic N) is 2. The number of rotatable bonds is 40. The first-order valence-corrected chi connectivity index (χ1v) is 17.7. The molecule has 1 aromatic rings. The Morgan fingerprint density at radius 2 is 0.852 bits per heavy atom. The van der Waals surface area contributed by atoms with Crippen molar-refractivity contribution in [3.05, 3.63) is 50.6 Å². The van der Waals surface area contributed by atoms with E-state index in [4.69, 9.17) is 56.8 Å². The van der Waals surface area contributed by atoms with Crippen molar-refractivity contribution in [3.8, 4) is 0 Å². The van der Waals surface area contributed by atoms with Crippen molar-refractivity contribution < 1.29 is 71.5 Å². The van der Waals surface area contributed by atoms with Crippen LogP contribution in [0.5, 0.6) is 0 Å². The van der Waals surface area contributed by atoms with Crippen LogP contribution in [0, 0.1) is 20.2 Å². The summed E-state index contributed by atoms with van der Waals surface area (Å²) in [7, 11) is 0. The lowest BCUT2D eigenvalue weighted by molar-refractivity contribution is -0.393. The first-order chi connectivity index (χ1) is 26.3. The predicted molar refractivity (Wildman–Crippen MR) is 193 cm³/mol. The zero-order chi connectivity index (χ0) is 39.3. The molecule has 20 nitrogen and oxygen atoms in total. The summed E-state index contributed by atoms with van der Waals surface area (Å²) in [6, 6.07) is 3.42. The van der Waals surface area contributed by atoms with E-state index in [1.165, 1.54) is 12.1 Å². The average Bonchev–Trinajstić information content (AvgIpc) is 3.15. The molecule has 0 fully saturated rings. The van der Waals surface area contributed by atoms with E-state index in [1.54, 1.807) is 6.92 Å². The fraction of sp³-hybridized carbons (Fsp3) is 0.735. The summed E-state index contributed by atoms with van der Waals surface area (Å²) in [4.78, 5) is 31.8. The Bertz CT molecular complexity index is 1130. The summed E-state index contributed by atoms with van der Waals surface area (Å²) in [5.41, 5.74) is -0.181. The van der Waals surface area contributed by atoms with Crippen molar-refractivity contribution >= 4 is 23.0 Å². The van der Waals surface area contributed by atoms with Gasteiger partial charge in [-0.05, 0) is 13.0 Å². The van der Waals surface area contributed by atoms with Gasteiger partial charge in [0.25, 0.3) is 11.4 Å². The topological polar surface area (TPSA) is 226 Å². The first-order valence-electron chi connectivity index (χ1n) is 17.7. The van der Waals surface area contributed by atoms with Crippen LogP contribution in [0.1, 0.15) is 6.92 Å². The largest absolute Gasteiger partial charge is 0.460 e. The Morgan fingerprint density at radius 3 is 1.15 bits per heavy atom. The minimum atomic E-state index is -0.684. The molecule has 1 rings (SSSR count). The number of nitro groups is 2. The van der Waals surface area contributed by atoms with Crippen LogP contribution in [0.15, 0.2) is 30.4 Å². The highest BCUT2D eigenvalue weighted by atomic mass is 16.6. The zero-order valence-electron chi connectivity index (χ0n) is 31.2. The first kappa shape index (κ1) is 48.6. The highest BCUT2D eigenvalue weighted by Crippen LogP contribution is 2.28.